The number of aromatic nitrogens is 2. The quantitative estimate of drug-likeness (QED) is 0.807. The van der Waals surface area contributed by atoms with Crippen molar-refractivity contribution >= 4 is 20.0 Å². The Hall–Kier alpha value is -1.75. The summed E-state index contributed by atoms with van der Waals surface area (Å²) in [6, 6.07) is 4.62. The molecular weight excluding hydrogens is 352 g/mol. The average Bonchev–Trinajstić information content (AvgIpc) is 2.89. The normalized spacial score (nSPS) is 18.3. The number of primary sulfonamides is 1. The minimum atomic E-state index is -3.97. The number of hydrogen-bond acceptors (Lipinski definition) is 5. The molecule has 1 unspecified atom stereocenters. The highest BCUT2D eigenvalue weighted by atomic mass is 32.2. The molecule has 24 heavy (non-hydrogen) atoms. The summed E-state index contributed by atoms with van der Waals surface area (Å²) in [5.41, 5.74) is 1.86. The molecule has 0 radical (unpaired) electrons. The second kappa shape index (κ2) is 5.96. The molecule has 1 aliphatic carbocycles. The van der Waals surface area contributed by atoms with Gasteiger partial charge in [-0.25, -0.2) is 26.7 Å². The molecule has 1 aromatic carbocycles. The third-order valence-corrected chi connectivity index (χ3v) is 6.50. The molecule has 0 saturated heterocycles. The summed E-state index contributed by atoms with van der Waals surface area (Å²) >= 11 is 0. The fourth-order valence-corrected chi connectivity index (χ4v) is 4.83. The molecule has 10 heteroatoms. The van der Waals surface area contributed by atoms with Crippen LogP contribution in [0.5, 0.6) is 0 Å². The van der Waals surface area contributed by atoms with Crippen molar-refractivity contribution in [1.29, 1.82) is 0 Å². The molecule has 0 saturated carbocycles. The van der Waals surface area contributed by atoms with Gasteiger partial charge in [0, 0.05) is 18.3 Å². The Morgan fingerprint density at radius 3 is 2.67 bits per heavy atom. The summed E-state index contributed by atoms with van der Waals surface area (Å²) in [4.78, 5) is -0.374. The van der Waals surface area contributed by atoms with E-state index in [9.17, 15) is 16.8 Å². The molecule has 0 aliphatic heterocycles. The summed E-state index contributed by atoms with van der Waals surface area (Å²) in [5.74, 6) is 0. The SMILES string of the molecule is Cn1ncc2c1CCCC2NS(=O)(=O)c1cccc(S(N)(=O)=O)c1. The number of sulfonamides is 2. The van der Waals surface area contributed by atoms with Gasteiger partial charge in [0.2, 0.25) is 20.0 Å². The first-order chi connectivity index (χ1) is 11.2. The van der Waals surface area contributed by atoms with Gasteiger partial charge in [0.05, 0.1) is 22.0 Å². The summed E-state index contributed by atoms with van der Waals surface area (Å²) in [5, 5.41) is 9.25. The Kier molecular flexibility index (Phi) is 4.24. The van der Waals surface area contributed by atoms with Crippen LogP contribution in [0.3, 0.4) is 0 Å². The fraction of sp³-hybridized carbons (Fsp3) is 0.357. The molecule has 1 atom stereocenters. The summed E-state index contributed by atoms with van der Waals surface area (Å²) in [6.07, 6.45) is 4.02. The van der Waals surface area contributed by atoms with E-state index in [1.165, 1.54) is 18.2 Å². The van der Waals surface area contributed by atoms with Crippen LogP contribution >= 0.6 is 0 Å². The molecular formula is C14H18N4O4S2. The van der Waals surface area contributed by atoms with Gasteiger partial charge in [-0.15, -0.1) is 0 Å². The third kappa shape index (κ3) is 3.22. The Labute approximate surface area is 140 Å². The molecule has 8 nitrogen and oxygen atoms in total. The van der Waals surface area contributed by atoms with E-state index < -0.39 is 20.0 Å². The smallest absolute Gasteiger partial charge is 0.241 e. The van der Waals surface area contributed by atoms with E-state index in [4.69, 9.17) is 5.14 Å². The Morgan fingerprint density at radius 2 is 1.96 bits per heavy atom. The number of fused-ring (bicyclic) bond motifs is 1. The maximum atomic E-state index is 12.6. The molecule has 0 amide bonds. The van der Waals surface area contributed by atoms with Gasteiger partial charge in [-0.3, -0.25) is 4.68 Å². The molecule has 3 N–H and O–H groups in total. The highest BCUT2D eigenvalue weighted by Gasteiger charge is 2.28. The van der Waals surface area contributed by atoms with E-state index in [1.807, 2.05) is 7.05 Å². The molecule has 1 aromatic heterocycles. The van der Waals surface area contributed by atoms with Crippen LogP contribution in [-0.2, 0) is 33.5 Å². The number of nitrogens with one attached hydrogen (secondary N) is 1. The van der Waals surface area contributed by atoms with Crippen molar-refractivity contribution in [1.82, 2.24) is 14.5 Å². The monoisotopic (exact) mass is 370 g/mol. The number of nitrogens with zero attached hydrogens (tertiary/aromatic N) is 2. The van der Waals surface area contributed by atoms with Crippen molar-refractivity contribution in [2.75, 3.05) is 0 Å². The third-order valence-electron chi connectivity index (χ3n) is 4.12. The number of hydrogen-bond donors (Lipinski definition) is 2. The molecule has 3 rings (SSSR count). The van der Waals surface area contributed by atoms with Gasteiger partial charge in [0.25, 0.3) is 0 Å². The van der Waals surface area contributed by atoms with Gasteiger partial charge in [-0.2, -0.15) is 5.10 Å². The second-order valence-electron chi connectivity index (χ2n) is 5.76. The van der Waals surface area contributed by atoms with Gasteiger partial charge in [-0.05, 0) is 37.5 Å². The fourth-order valence-electron chi connectivity index (χ4n) is 2.90. The van der Waals surface area contributed by atoms with Crippen molar-refractivity contribution in [3.8, 4) is 0 Å². The maximum Gasteiger partial charge on any atom is 0.241 e. The second-order valence-corrected chi connectivity index (χ2v) is 9.03. The number of aryl methyl sites for hydroxylation is 1. The van der Waals surface area contributed by atoms with E-state index in [-0.39, 0.29) is 15.8 Å². The van der Waals surface area contributed by atoms with Crippen LogP contribution in [-0.4, -0.2) is 26.6 Å². The van der Waals surface area contributed by atoms with Crippen LogP contribution in [0.25, 0.3) is 0 Å². The lowest BCUT2D eigenvalue weighted by Gasteiger charge is -2.23. The lowest BCUT2D eigenvalue weighted by atomic mass is 9.94. The van der Waals surface area contributed by atoms with Crippen LogP contribution in [0.2, 0.25) is 0 Å². The zero-order valence-electron chi connectivity index (χ0n) is 13.0. The van der Waals surface area contributed by atoms with Gasteiger partial charge in [0.1, 0.15) is 0 Å². The average molecular weight is 370 g/mol. The summed E-state index contributed by atoms with van der Waals surface area (Å²) in [7, 11) is -6.03. The van der Waals surface area contributed by atoms with Gasteiger partial charge < -0.3 is 0 Å². The van der Waals surface area contributed by atoms with Crippen LogP contribution in [0.1, 0.15) is 30.1 Å². The maximum absolute atomic E-state index is 12.6. The number of rotatable bonds is 4. The molecule has 1 heterocycles. The molecule has 0 spiro atoms. The molecule has 130 valence electrons. The Bertz CT molecular complexity index is 980. The van der Waals surface area contributed by atoms with Crippen molar-refractivity contribution in [2.45, 2.75) is 35.1 Å². The standard InChI is InChI=1S/C14H18N4O4S2/c1-18-14-7-3-6-13(12(14)9-16-18)17-24(21,22)11-5-2-4-10(8-11)23(15,19)20/h2,4-5,8-9,13,17H,3,6-7H2,1H3,(H2,15,19,20). The van der Waals surface area contributed by atoms with Gasteiger partial charge in [-0.1, -0.05) is 6.07 Å². The van der Waals surface area contributed by atoms with Gasteiger partial charge >= 0.3 is 0 Å². The first-order valence-electron chi connectivity index (χ1n) is 7.34. The summed E-state index contributed by atoms with van der Waals surface area (Å²) < 4.78 is 52.5. The molecule has 0 fully saturated rings. The highest BCUT2D eigenvalue weighted by molar-refractivity contribution is 7.90. The lowest BCUT2D eigenvalue weighted by Crippen LogP contribution is -2.31. The van der Waals surface area contributed by atoms with Crippen molar-refractivity contribution < 1.29 is 16.8 Å². The van der Waals surface area contributed by atoms with E-state index in [0.29, 0.717) is 6.42 Å². The minimum absolute atomic E-state index is 0.134. The van der Waals surface area contributed by atoms with E-state index in [0.717, 1.165) is 30.2 Å². The van der Waals surface area contributed by atoms with Crippen molar-refractivity contribution in [2.24, 2.45) is 12.2 Å². The Morgan fingerprint density at radius 1 is 1.25 bits per heavy atom. The molecule has 2 aromatic rings. The largest absolute Gasteiger partial charge is 0.272 e. The predicted octanol–water partition coefficient (Wildman–Crippen LogP) is 0.423. The summed E-state index contributed by atoms with van der Waals surface area (Å²) in [6.45, 7) is 0. The van der Waals surface area contributed by atoms with Gasteiger partial charge in [0.15, 0.2) is 0 Å². The van der Waals surface area contributed by atoms with E-state index in [1.54, 1.807) is 10.9 Å². The highest BCUT2D eigenvalue weighted by Crippen LogP contribution is 2.30. The number of benzene rings is 1. The van der Waals surface area contributed by atoms with Crippen molar-refractivity contribution in [3.63, 3.8) is 0 Å². The number of nitrogens with two attached hydrogens (primary N) is 1. The Balaban J connectivity index is 1.93. The topological polar surface area (TPSA) is 124 Å². The van der Waals surface area contributed by atoms with Crippen LogP contribution < -0.4 is 9.86 Å². The molecule has 1 aliphatic rings. The van der Waals surface area contributed by atoms with Crippen LogP contribution in [0.4, 0.5) is 0 Å². The zero-order valence-corrected chi connectivity index (χ0v) is 14.6. The first-order valence-corrected chi connectivity index (χ1v) is 10.4. The van der Waals surface area contributed by atoms with Crippen LogP contribution in [0.15, 0.2) is 40.3 Å². The minimum Gasteiger partial charge on any atom is -0.272 e. The molecule has 0 bridgehead atoms. The van der Waals surface area contributed by atoms with E-state index in [2.05, 4.69) is 9.82 Å². The van der Waals surface area contributed by atoms with E-state index >= 15 is 0 Å². The predicted molar refractivity (Wildman–Crippen MR) is 87.0 cm³/mol. The van der Waals surface area contributed by atoms with Crippen molar-refractivity contribution in [3.05, 3.63) is 41.7 Å². The lowest BCUT2D eigenvalue weighted by molar-refractivity contribution is 0.498. The van der Waals surface area contributed by atoms with Crippen LogP contribution in [0, 0.1) is 0 Å². The first kappa shape index (κ1) is 17.1. The zero-order chi connectivity index (χ0) is 17.5.